The summed E-state index contributed by atoms with van der Waals surface area (Å²) in [5.41, 5.74) is 1.28. The predicted octanol–water partition coefficient (Wildman–Crippen LogP) is 4.97. The molecule has 4 aliphatic rings. The summed E-state index contributed by atoms with van der Waals surface area (Å²) in [5, 5.41) is 26.8. The zero-order valence-electron chi connectivity index (χ0n) is 28.1. The van der Waals surface area contributed by atoms with Gasteiger partial charge < -0.3 is 10.0 Å². The standard InChI is InChI=1S/C34H31ClF3N11O3S2/c35-24-13-19(36)4-7-23(24)30-29(26-8-11-47(43-26)33(37)38)28-14-20(17-46(28)31(41-30)32-40-10-12-53-32)44-54(51,52)49-21-5-6-22(49)16-34(50,15-21)48-18-27(42-45-48)25-3-1-2-9-39-25/h1-4,7-13,18,20-22,30,33,44,50H,5-6,14-17H2/t20-,21-,22?,30-,34?/m0/s1. The fourth-order valence-electron chi connectivity index (χ4n) is 8.14. The van der Waals surface area contributed by atoms with Crippen molar-refractivity contribution in [2.75, 3.05) is 6.54 Å². The predicted molar refractivity (Wildman–Crippen MR) is 192 cm³/mol. The van der Waals surface area contributed by atoms with E-state index in [-0.39, 0.29) is 36.5 Å². The normalized spacial score (nSPS) is 25.8. The number of aliphatic imine (C=N–C) groups is 1. The topological polar surface area (TPSA) is 160 Å². The molecule has 2 bridgehead atoms. The van der Waals surface area contributed by atoms with E-state index in [0.29, 0.717) is 56.6 Å². The van der Waals surface area contributed by atoms with E-state index in [0.717, 1.165) is 12.3 Å². The number of aromatic nitrogens is 7. The zero-order valence-corrected chi connectivity index (χ0v) is 30.5. The summed E-state index contributed by atoms with van der Waals surface area (Å²) in [7, 11) is -4.12. The minimum absolute atomic E-state index is 0.0803. The molecular weight excluding hydrogens is 767 g/mol. The second-order valence-corrected chi connectivity index (χ2v) is 16.6. The van der Waals surface area contributed by atoms with Crippen molar-refractivity contribution < 1.29 is 26.7 Å². The van der Waals surface area contributed by atoms with Crippen molar-refractivity contribution in [1.29, 1.82) is 0 Å². The Kier molecular flexibility index (Phi) is 8.70. The molecule has 5 atom stereocenters. The summed E-state index contributed by atoms with van der Waals surface area (Å²) in [4.78, 5) is 15.6. The number of amidine groups is 1. The molecule has 3 fully saturated rings. The van der Waals surface area contributed by atoms with Gasteiger partial charge in [-0.15, -0.1) is 16.4 Å². The Bertz CT molecular complexity index is 2380. The van der Waals surface area contributed by atoms with Crippen molar-refractivity contribution >= 4 is 44.6 Å². The van der Waals surface area contributed by atoms with E-state index in [1.54, 1.807) is 36.1 Å². The van der Waals surface area contributed by atoms with Crippen LogP contribution in [0.5, 0.6) is 0 Å². The van der Waals surface area contributed by atoms with Crippen LogP contribution < -0.4 is 4.72 Å². The maximum atomic E-state index is 14.3. The minimum Gasteiger partial charge on any atom is -0.369 e. The lowest BCUT2D eigenvalue weighted by molar-refractivity contribution is -0.105. The van der Waals surface area contributed by atoms with Gasteiger partial charge in [0.15, 0.2) is 16.6 Å². The van der Waals surface area contributed by atoms with E-state index in [1.807, 2.05) is 11.0 Å². The van der Waals surface area contributed by atoms with Gasteiger partial charge in [-0.1, -0.05) is 28.9 Å². The number of hydrogen-bond acceptors (Lipinski definition) is 11. The number of halogens is 4. The number of piperidine rings is 1. The molecule has 5 aromatic rings. The van der Waals surface area contributed by atoms with Crippen LogP contribution in [0, 0.1) is 5.82 Å². The summed E-state index contributed by atoms with van der Waals surface area (Å²) < 4.78 is 76.7. The van der Waals surface area contributed by atoms with Crippen LogP contribution in [-0.4, -0.2) is 88.0 Å². The fraction of sp³-hybridized carbons (Fsp3) is 0.353. The van der Waals surface area contributed by atoms with E-state index >= 15 is 0 Å². The molecule has 2 N–H and O–H groups in total. The van der Waals surface area contributed by atoms with Gasteiger partial charge in [0.25, 0.3) is 10.2 Å². The second kappa shape index (κ2) is 13.3. The molecular formula is C34H31ClF3N11O3S2. The Labute approximate surface area is 315 Å². The molecule has 0 radical (unpaired) electrons. The second-order valence-electron chi connectivity index (χ2n) is 13.7. The highest BCUT2D eigenvalue weighted by Gasteiger charge is 2.54. The van der Waals surface area contributed by atoms with Crippen LogP contribution in [0.3, 0.4) is 0 Å². The van der Waals surface area contributed by atoms with E-state index in [4.69, 9.17) is 16.6 Å². The zero-order chi connectivity index (χ0) is 37.4. The molecule has 1 aromatic carbocycles. The van der Waals surface area contributed by atoms with Crippen molar-refractivity contribution in [2.45, 2.75) is 68.5 Å². The highest BCUT2D eigenvalue weighted by Crippen LogP contribution is 2.48. The van der Waals surface area contributed by atoms with Crippen LogP contribution in [0.2, 0.25) is 5.02 Å². The number of rotatable bonds is 9. The molecule has 9 rings (SSSR count). The highest BCUT2D eigenvalue weighted by molar-refractivity contribution is 7.87. The third-order valence-corrected chi connectivity index (χ3v) is 13.2. The maximum Gasteiger partial charge on any atom is 0.333 e. The molecule has 0 saturated carbocycles. The van der Waals surface area contributed by atoms with Gasteiger partial charge in [0.05, 0.1) is 17.6 Å². The van der Waals surface area contributed by atoms with E-state index in [2.05, 4.69) is 30.1 Å². The highest BCUT2D eigenvalue weighted by atomic mass is 35.5. The third kappa shape index (κ3) is 6.12. The fourth-order valence-corrected chi connectivity index (χ4v) is 10.9. The van der Waals surface area contributed by atoms with E-state index < -0.39 is 52.5 Å². The first-order valence-corrected chi connectivity index (χ1v) is 19.8. The average molecular weight is 798 g/mol. The van der Waals surface area contributed by atoms with Crippen molar-refractivity contribution in [3.05, 3.63) is 105 Å². The smallest absolute Gasteiger partial charge is 0.333 e. The van der Waals surface area contributed by atoms with Gasteiger partial charge in [-0.05, 0) is 43.2 Å². The van der Waals surface area contributed by atoms with Crippen LogP contribution in [0.1, 0.15) is 61.0 Å². The number of nitrogens with zero attached hydrogens (tertiary/aromatic N) is 10. The van der Waals surface area contributed by atoms with Crippen LogP contribution in [0.25, 0.3) is 17.0 Å². The summed E-state index contributed by atoms with van der Waals surface area (Å²) in [5.74, 6) is -0.123. The molecule has 2 unspecified atom stereocenters. The van der Waals surface area contributed by atoms with Crippen LogP contribution in [-0.2, 0) is 15.9 Å². The average Bonchev–Trinajstić information content (AvgIpc) is 3.98. The molecule has 14 nitrogen and oxygen atoms in total. The molecule has 0 amide bonds. The number of thiazole rings is 1. The van der Waals surface area contributed by atoms with Gasteiger partial charge >= 0.3 is 6.55 Å². The van der Waals surface area contributed by atoms with Gasteiger partial charge in [0.1, 0.15) is 17.6 Å². The Morgan fingerprint density at radius 3 is 2.54 bits per heavy atom. The van der Waals surface area contributed by atoms with Crippen LogP contribution in [0.4, 0.5) is 13.2 Å². The maximum absolute atomic E-state index is 14.3. The Morgan fingerprint density at radius 2 is 1.85 bits per heavy atom. The number of benzene rings is 1. The number of aliphatic hydroxyl groups is 1. The van der Waals surface area contributed by atoms with Crippen molar-refractivity contribution in [3.8, 4) is 11.4 Å². The summed E-state index contributed by atoms with van der Waals surface area (Å²) in [6.45, 7) is -2.75. The van der Waals surface area contributed by atoms with Crippen molar-refractivity contribution in [1.82, 2.24) is 48.7 Å². The van der Waals surface area contributed by atoms with Gasteiger partial charge in [0.2, 0.25) is 0 Å². The number of alkyl halides is 2. The molecule has 0 aliphatic carbocycles. The molecule has 4 aliphatic heterocycles. The molecule has 280 valence electrons. The SMILES string of the molecule is O=S(=O)(N[C@H]1CC2=C(c3ccn(C(F)F)n3)[C@H](c3ccc(F)cc3Cl)N=C(c3nccs3)N2C1)N1C2CC[C@H]1CC(O)(n1cc(-c3ccccn3)nn1)C2. The number of pyridine rings is 1. The largest absolute Gasteiger partial charge is 0.369 e. The van der Waals surface area contributed by atoms with Gasteiger partial charge in [-0.3, -0.25) is 9.98 Å². The van der Waals surface area contributed by atoms with Crippen LogP contribution in [0.15, 0.2) is 83.3 Å². The van der Waals surface area contributed by atoms with Gasteiger partial charge in [-0.25, -0.2) is 18.7 Å². The van der Waals surface area contributed by atoms with Crippen molar-refractivity contribution in [2.24, 2.45) is 4.99 Å². The number of fused-ring (bicyclic) bond motifs is 3. The third-order valence-electron chi connectivity index (χ3n) is 10.3. The lowest BCUT2D eigenvalue weighted by Crippen LogP contribution is -2.58. The first-order valence-electron chi connectivity index (χ1n) is 17.1. The number of hydrogen-bond donors (Lipinski definition) is 2. The lowest BCUT2D eigenvalue weighted by atomic mass is 9.92. The molecule has 0 spiro atoms. The first-order chi connectivity index (χ1) is 26.0. The van der Waals surface area contributed by atoms with Gasteiger partial charge in [0, 0.05) is 89.8 Å². The first kappa shape index (κ1) is 35.2. The summed E-state index contributed by atoms with van der Waals surface area (Å²) in [6.07, 6.45) is 7.51. The monoisotopic (exact) mass is 797 g/mol. The quantitative estimate of drug-likeness (QED) is 0.210. The molecule has 8 heterocycles. The minimum atomic E-state index is -4.12. The van der Waals surface area contributed by atoms with E-state index in [9.17, 15) is 26.7 Å². The molecule has 4 aromatic heterocycles. The lowest BCUT2D eigenvalue weighted by Gasteiger charge is -2.42. The Morgan fingerprint density at radius 1 is 1.04 bits per heavy atom. The molecule has 20 heteroatoms. The van der Waals surface area contributed by atoms with Crippen molar-refractivity contribution in [3.63, 3.8) is 0 Å². The Hall–Kier alpha value is -4.53. The molecule has 54 heavy (non-hydrogen) atoms. The number of nitrogens with one attached hydrogen (secondary N) is 1. The van der Waals surface area contributed by atoms with E-state index in [1.165, 1.54) is 38.5 Å². The molecule has 3 saturated heterocycles. The summed E-state index contributed by atoms with van der Waals surface area (Å²) in [6, 6.07) is 8.14. The van der Waals surface area contributed by atoms with Crippen LogP contribution >= 0.6 is 22.9 Å². The summed E-state index contributed by atoms with van der Waals surface area (Å²) >= 11 is 7.91. The van der Waals surface area contributed by atoms with Gasteiger partial charge in [-0.2, -0.15) is 31.3 Å². The Balaban J connectivity index is 1.03.